The molecule has 0 unspecified atom stereocenters. The third-order valence-corrected chi connectivity index (χ3v) is 5.00. The van der Waals surface area contributed by atoms with Gasteiger partial charge in [0, 0.05) is 18.1 Å². The molecule has 2 aromatic rings. The van der Waals surface area contributed by atoms with Crippen LogP contribution < -0.4 is 15.4 Å². The predicted molar refractivity (Wildman–Crippen MR) is 102 cm³/mol. The molecule has 7 nitrogen and oxygen atoms in total. The fourth-order valence-corrected chi connectivity index (χ4v) is 3.57. The van der Waals surface area contributed by atoms with Crippen molar-refractivity contribution in [2.45, 2.75) is 38.3 Å². The molecule has 27 heavy (non-hydrogen) atoms. The minimum atomic E-state index is -0.495. The number of nitrogens with two attached hydrogens (primary N) is 1. The van der Waals surface area contributed by atoms with Crippen LogP contribution in [0.4, 0.5) is 11.4 Å². The van der Waals surface area contributed by atoms with Crippen LogP contribution in [-0.4, -0.2) is 24.0 Å². The summed E-state index contributed by atoms with van der Waals surface area (Å²) in [4.78, 5) is 23.0. The largest absolute Gasteiger partial charge is 0.494 e. The van der Waals surface area contributed by atoms with Gasteiger partial charge in [0.1, 0.15) is 11.8 Å². The summed E-state index contributed by atoms with van der Waals surface area (Å²) in [5.74, 6) is 0.109. The number of rotatable bonds is 6. The maximum atomic E-state index is 12.7. The number of carbonyl (C=O) groups excluding carboxylic acids is 1. The Morgan fingerprint density at radius 2 is 2.11 bits per heavy atom. The van der Waals surface area contributed by atoms with Crippen molar-refractivity contribution in [2.75, 3.05) is 12.4 Å². The monoisotopic (exact) mass is 370 g/mol. The molecule has 0 saturated carbocycles. The first-order valence-corrected chi connectivity index (χ1v) is 9.05. The molecule has 1 aliphatic rings. The number of nitrogens with zero attached hydrogens (tertiary/aromatic N) is 1. The zero-order valence-electron chi connectivity index (χ0n) is 15.5. The highest BCUT2D eigenvalue weighted by molar-refractivity contribution is 5.95. The van der Waals surface area contributed by atoms with Crippen molar-refractivity contribution in [2.24, 2.45) is 0 Å². The molecule has 0 bridgehead atoms. The van der Waals surface area contributed by atoms with E-state index >= 15 is 0 Å². The van der Waals surface area contributed by atoms with Crippen LogP contribution in [0.5, 0.6) is 5.75 Å². The molecule has 0 spiro atoms. The fourth-order valence-electron chi connectivity index (χ4n) is 3.57. The van der Waals surface area contributed by atoms with E-state index in [2.05, 4.69) is 28.8 Å². The molecule has 1 amide bonds. The van der Waals surface area contributed by atoms with Crippen molar-refractivity contribution < 1.29 is 19.8 Å². The first-order valence-electron chi connectivity index (χ1n) is 9.05. The van der Waals surface area contributed by atoms with Crippen molar-refractivity contribution >= 4 is 17.3 Å². The normalized spacial score (nSPS) is 16.9. The van der Waals surface area contributed by atoms with Gasteiger partial charge >= 0.3 is 0 Å². The van der Waals surface area contributed by atoms with E-state index in [1.807, 2.05) is 13.0 Å². The summed E-state index contributed by atoms with van der Waals surface area (Å²) < 4.78 is 5.18. The van der Waals surface area contributed by atoms with E-state index in [4.69, 9.17) is 4.74 Å². The fraction of sp³-hybridized carbons (Fsp3) is 0.350. The summed E-state index contributed by atoms with van der Waals surface area (Å²) in [6.07, 6.45) is 3.24. The first-order chi connectivity index (χ1) is 13.0. The number of fused-ring (bicyclic) bond motifs is 1. The quantitative estimate of drug-likeness (QED) is 0.603. The van der Waals surface area contributed by atoms with E-state index in [0.717, 1.165) is 19.3 Å². The summed E-state index contributed by atoms with van der Waals surface area (Å²) in [5, 5.41) is 15.8. The minimum Gasteiger partial charge on any atom is -0.494 e. The van der Waals surface area contributed by atoms with Crippen LogP contribution in [0.15, 0.2) is 42.5 Å². The van der Waals surface area contributed by atoms with Gasteiger partial charge in [-0.15, -0.1) is 0 Å². The van der Waals surface area contributed by atoms with Crippen LogP contribution in [0.2, 0.25) is 0 Å². The zero-order chi connectivity index (χ0) is 19.4. The van der Waals surface area contributed by atoms with E-state index in [0.29, 0.717) is 5.69 Å². The van der Waals surface area contributed by atoms with E-state index in [1.54, 1.807) is 0 Å². The number of quaternary nitrogens is 1. The second-order valence-corrected chi connectivity index (χ2v) is 6.81. The van der Waals surface area contributed by atoms with Gasteiger partial charge in [-0.25, -0.2) is 0 Å². The molecule has 0 fully saturated rings. The number of hydrogen-bond acceptors (Lipinski definition) is 4. The van der Waals surface area contributed by atoms with Crippen LogP contribution in [0.1, 0.15) is 36.9 Å². The van der Waals surface area contributed by atoms with Crippen molar-refractivity contribution in [3.8, 4) is 5.75 Å². The molecule has 7 heteroatoms. The molecule has 142 valence electrons. The lowest BCUT2D eigenvalue weighted by Crippen LogP contribution is -2.92. The number of benzene rings is 2. The SMILES string of the molecule is COc1cc([N+](=O)[O-])ccc1NC(=O)[C@H](C)[NH2+][C@H]1CCCc2ccccc21. The molecule has 0 saturated heterocycles. The van der Waals surface area contributed by atoms with Gasteiger partial charge in [-0.1, -0.05) is 24.3 Å². The molecular formula is C20H24N3O4+. The number of methoxy groups -OCH3 is 1. The van der Waals surface area contributed by atoms with Crippen molar-refractivity contribution in [3.63, 3.8) is 0 Å². The molecule has 0 radical (unpaired) electrons. The highest BCUT2D eigenvalue weighted by Gasteiger charge is 2.27. The topological polar surface area (TPSA) is 98.1 Å². The van der Waals surface area contributed by atoms with Crippen molar-refractivity contribution in [3.05, 3.63) is 63.7 Å². The molecule has 3 rings (SSSR count). The maximum absolute atomic E-state index is 12.7. The Morgan fingerprint density at radius 1 is 1.33 bits per heavy atom. The molecule has 3 N–H and O–H groups in total. The predicted octanol–water partition coefficient (Wildman–Crippen LogP) is 2.57. The van der Waals surface area contributed by atoms with Crippen LogP contribution in [-0.2, 0) is 11.2 Å². The molecule has 1 aliphatic carbocycles. The van der Waals surface area contributed by atoms with Crippen LogP contribution in [0, 0.1) is 10.1 Å². The van der Waals surface area contributed by atoms with Crippen LogP contribution in [0.3, 0.4) is 0 Å². The number of hydrogen-bond donors (Lipinski definition) is 2. The Balaban J connectivity index is 1.69. The van der Waals surface area contributed by atoms with E-state index in [-0.39, 0.29) is 29.4 Å². The Labute approximate surface area is 157 Å². The average molecular weight is 370 g/mol. The number of non-ortho nitro benzene ring substituents is 1. The Kier molecular flexibility index (Phi) is 5.71. The molecule has 2 atom stereocenters. The van der Waals surface area contributed by atoms with E-state index in [9.17, 15) is 14.9 Å². The highest BCUT2D eigenvalue weighted by atomic mass is 16.6. The molecule has 2 aromatic carbocycles. The number of nitro groups is 1. The number of nitro benzene ring substituents is 1. The number of anilines is 1. The lowest BCUT2D eigenvalue weighted by Gasteiger charge is -2.26. The lowest BCUT2D eigenvalue weighted by molar-refractivity contribution is -0.714. The number of nitrogens with one attached hydrogen (secondary N) is 1. The number of amides is 1. The van der Waals surface area contributed by atoms with Gasteiger partial charge in [-0.05, 0) is 31.4 Å². The Morgan fingerprint density at radius 3 is 2.85 bits per heavy atom. The van der Waals surface area contributed by atoms with Gasteiger partial charge in [0.25, 0.3) is 11.6 Å². The first kappa shape index (κ1) is 18.8. The molecule has 0 aromatic heterocycles. The maximum Gasteiger partial charge on any atom is 0.282 e. The van der Waals surface area contributed by atoms with Crippen LogP contribution in [0.25, 0.3) is 0 Å². The highest BCUT2D eigenvalue weighted by Crippen LogP contribution is 2.29. The minimum absolute atomic E-state index is 0.0803. The lowest BCUT2D eigenvalue weighted by atomic mass is 9.87. The van der Waals surface area contributed by atoms with Crippen molar-refractivity contribution in [1.82, 2.24) is 0 Å². The second kappa shape index (κ2) is 8.18. The van der Waals surface area contributed by atoms with E-state index in [1.165, 1.54) is 36.4 Å². The summed E-state index contributed by atoms with van der Waals surface area (Å²) in [5.41, 5.74) is 3.01. The second-order valence-electron chi connectivity index (χ2n) is 6.81. The standard InChI is InChI=1S/C20H23N3O4/c1-13(21-17-9-5-7-14-6-3-4-8-16(14)17)20(24)22-18-11-10-15(23(25)26)12-19(18)27-2/h3-4,6,8,10-13,17,21H,5,7,9H2,1-2H3,(H,22,24)/p+1/t13-,17-/m0/s1. The van der Waals surface area contributed by atoms with E-state index < -0.39 is 4.92 Å². The van der Waals surface area contributed by atoms with Crippen molar-refractivity contribution in [1.29, 1.82) is 0 Å². The average Bonchev–Trinajstić information content (AvgIpc) is 2.68. The van der Waals surface area contributed by atoms with Gasteiger partial charge in [-0.2, -0.15) is 0 Å². The molecule has 0 aliphatic heterocycles. The van der Waals surface area contributed by atoms with Gasteiger partial charge < -0.3 is 15.4 Å². The summed E-state index contributed by atoms with van der Waals surface area (Å²) in [6.45, 7) is 1.87. The Hall–Kier alpha value is -2.93. The van der Waals surface area contributed by atoms with Gasteiger partial charge in [0.15, 0.2) is 6.04 Å². The molecule has 0 heterocycles. The zero-order valence-corrected chi connectivity index (χ0v) is 15.5. The number of carbonyl (C=O) groups is 1. The van der Waals surface area contributed by atoms with Gasteiger partial charge in [0.05, 0.1) is 23.8 Å². The molecular weight excluding hydrogens is 346 g/mol. The van der Waals surface area contributed by atoms with Gasteiger partial charge in [0.2, 0.25) is 0 Å². The summed E-state index contributed by atoms with van der Waals surface area (Å²) in [7, 11) is 1.42. The summed E-state index contributed by atoms with van der Waals surface area (Å²) in [6, 6.07) is 12.5. The third kappa shape index (κ3) is 4.25. The summed E-state index contributed by atoms with van der Waals surface area (Å²) >= 11 is 0. The van der Waals surface area contributed by atoms with Crippen LogP contribution >= 0.6 is 0 Å². The smallest absolute Gasteiger partial charge is 0.282 e. The third-order valence-electron chi connectivity index (χ3n) is 5.00. The number of ether oxygens (including phenoxy) is 1. The van der Waals surface area contributed by atoms with Gasteiger partial charge in [-0.3, -0.25) is 14.9 Å². The Bertz CT molecular complexity index is 853. The number of aryl methyl sites for hydroxylation is 1.